The summed E-state index contributed by atoms with van der Waals surface area (Å²) in [7, 11) is 1.48. The third-order valence-electron chi connectivity index (χ3n) is 2.60. The molecular weight excluding hydrogens is 262 g/mol. The van der Waals surface area contributed by atoms with Crippen LogP contribution >= 0.6 is 0 Å². The van der Waals surface area contributed by atoms with Gasteiger partial charge in [-0.1, -0.05) is 0 Å². The number of phenolic OH excluding ortho intramolecular Hbond substituents is 1. The molecule has 0 fully saturated rings. The summed E-state index contributed by atoms with van der Waals surface area (Å²) in [5.74, 6) is -0.350. The molecule has 1 aromatic rings. The molecule has 1 amide bonds. The van der Waals surface area contributed by atoms with Gasteiger partial charge in [0.25, 0.3) is 5.91 Å². The van der Waals surface area contributed by atoms with Crippen molar-refractivity contribution in [3.05, 3.63) is 23.8 Å². The molecule has 6 nitrogen and oxygen atoms in total. The van der Waals surface area contributed by atoms with E-state index in [4.69, 9.17) is 9.47 Å². The van der Waals surface area contributed by atoms with E-state index in [0.29, 0.717) is 25.3 Å². The van der Waals surface area contributed by atoms with Crippen molar-refractivity contribution in [2.24, 2.45) is 0 Å². The fraction of sp³-hybridized carbons (Fsp3) is 0.429. The first kappa shape index (κ1) is 15.8. The van der Waals surface area contributed by atoms with Gasteiger partial charge >= 0.3 is 5.97 Å². The summed E-state index contributed by atoms with van der Waals surface area (Å²) in [6.07, 6.45) is 0.740. The van der Waals surface area contributed by atoms with Crippen LogP contribution in [0, 0.1) is 0 Å². The van der Waals surface area contributed by atoms with E-state index < -0.39 is 5.91 Å². The number of rotatable bonds is 7. The Morgan fingerprint density at radius 3 is 2.70 bits per heavy atom. The van der Waals surface area contributed by atoms with Gasteiger partial charge in [-0.15, -0.1) is 0 Å². The van der Waals surface area contributed by atoms with Crippen LogP contribution in [0.1, 0.15) is 30.1 Å². The zero-order valence-electron chi connectivity index (χ0n) is 11.6. The second-order valence-electron chi connectivity index (χ2n) is 4.05. The molecule has 20 heavy (non-hydrogen) atoms. The lowest BCUT2D eigenvalue weighted by molar-refractivity contribution is -0.143. The SMILES string of the molecule is CCOC(=O)CCCNC(=O)c1ccc(OC)cc1O. The first-order valence-corrected chi connectivity index (χ1v) is 6.39. The predicted molar refractivity (Wildman–Crippen MR) is 72.9 cm³/mol. The number of carbonyl (C=O) groups excluding carboxylic acids is 2. The number of hydrogen-bond acceptors (Lipinski definition) is 5. The molecule has 0 aliphatic carbocycles. The molecule has 6 heteroatoms. The molecule has 0 saturated heterocycles. The monoisotopic (exact) mass is 281 g/mol. The third-order valence-corrected chi connectivity index (χ3v) is 2.60. The normalized spacial score (nSPS) is 9.90. The van der Waals surface area contributed by atoms with Crippen molar-refractivity contribution in [1.82, 2.24) is 5.32 Å². The van der Waals surface area contributed by atoms with Gasteiger partial charge in [0.15, 0.2) is 0 Å². The highest BCUT2D eigenvalue weighted by Crippen LogP contribution is 2.23. The summed E-state index contributed by atoms with van der Waals surface area (Å²) in [6.45, 7) is 2.43. The minimum atomic E-state index is -0.394. The van der Waals surface area contributed by atoms with E-state index in [1.165, 1.54) is 19.2 Å². The Balaban J connectivity index is 2.41. The van der Waals surface area contributed by atoms with E-state index in [2.05, 4.69) is 5.32 Å². The summed E-state index contributed by atoms with van der Waals surface area (Å²) in [5.41, 5.74) is 0.168. The second-order valence-corrected chi connectivity index (χ2v) is 4.05. The van der Waals surface area contributed by atoms with Crippen molar-refractivity contribution in [2.75, 3.05) is 20.3 Å². The van der Waals surface area contributed by atoms with Crippen LogP contribution in [0.2, 0.25) is 0 Å². The first-order chi connectivity index (χ1) is 9.58. The van der Waals surface area contributed by atoms with Crippen molar-refractivity contribution in [3.63, 3.8) is 0 Å². The fourth-order valence-electron chi connectivity index (χ4n) is 1.59. The maximum atomic E-state index is 11.8. The molecule has 110 valence electrons. The highest BCUT2D eigenvalue weighted by molar-refractivity contribution is 5.97. The van der Waals surface area contributed by atoms with Gasteiger partial charge in [0.05, 0.1) is 19.3 Å². The van der Waals surface area contributed by atoms with Gasteiger partial charge in [-0.3, -0.25) is 9.59 Å². The van der Waals surface area contributed by atoms with Crippen molar-refractivity contribution >= 4 is 11.9 Å². The molecule has 0 radical (unpaired) electrons. The summed E-state index contributed by atoms with van der Waals surface area (Å²) in [6, 6.07) is 4.44. The molecule has 0 aromatic heterocycles. The minimum absolute atomic E-state index is 0.146. The average Bonchev–Trinajstić information content (AvgIpc) is 2.43. The summed E-state index contributed by atoms with van der Waals surface area (Å²) < 4.78 is 9.71. The summed E-state index contributed by atoms with van der Waals surface area (Å²) >= 11 is 0. The smallest absolute Gasteiger partial charge is 0.305 e. The van der Waals surface area contributed by atoms with Gasteiger partial charge in [0.2, 0.25) is 0 Å². The Morgan fingerprint density at radius 2 is 2.10 bits per heavy atom. The molecular formula is C14H19NO5. The molecule has 1 aromatic carbocycles. The zero-order valence-corrected chi connectivity index (χ0v) is 11.6. The van der Waals surface area contributed by atoms with Crippen molar-refractivity contribution in [2.45, 2.75) is 19.8 Å². The van der Waals surface area contributed by atoms with Crippen LogP contribution in [0.3, 0.4) is 0 Å². The quantitative estimate of drug-likeness (QED) is 0.584. The predicted octanol–water partition coefficient (Wildman–Crippen LogP) is 1.47. The van der Waals surface area contributed by atoms with E-state index in [-0.39, 0.29) is 23.7 Å². The van der Waals surface area contributed by atoms with Crippen LogP contribution in [0.15, 0.2) is 18.2 Å². The number of methoxy groups -OCH3 is 1. The van der Waals surface area contributed by atoms with E-state index in [1.54, 1.807) is 13.0 Å². The van der Waals surface area contributed by atoms with E-state index in [1.807, 2.05) is 0 Å². The van der Waals surface area contributed by atoms with Gasteiger partial charge in [-0.05, 0) is 25.5 Å². The van der Waals surface area contributed by atoms with Gasteiger partial charge in [0.1, 0.15) is 11.5 Å². The molecule has 0 aliphatic heterocycles. The molecule has 2 N–H and O–H groups in total. The highest BCUT2D eigenvalue weighted by atomic mass is 16.5. The third kappa shape index (κ3) is 4.79. The lowest BCUT2D eigenvalue weighted by atomic mass is 10.1. The van der Waals surface area contributed by atoms with Gasteiger partial charge in [0, 0.05) is 19.0 Å². The van der Waals surface area contributed by atoms with E-state index in [9.17, 15) is 14.7 Å². The Hall–Kier alpha value is -2.24. The zero-order chi connectivity index (χ0) is 15.0. The van der Waals surface area contributed by atoms with Crippen LogP contribution in [0.5, 0.6) is 11.5 Å². The Labute approximate surface area is 117 Å². The summed E-state index contributed by atoms with van der Waals surface area (Å²) in [5, 5.41) is 12.3. The molecule has 0 atom stereocenters. The number of nitrogens with one attached hydrogen (secondary N) is 1. The largest absolute Gasteiger partial charge is 0.507 e. The van der Waals surface area contributed by atoms with Crippen LogP contribution in [0.25, 0.3) is 0 Å². The number of benzene rings is 1. The van der Waals surface area contributed by atoms with E-state index in [0.717, 1.165) is 0 Å². The highest BCUT2D eigenvalue weighted by Gasteiger charge is 2.11. The van der Waals surface area contributed by atoms with Crippen LogP contribution in [-0.2, 0) is 9.53 Å². The number of esters is 1. The first-order valence-electron chi connectivity index (χ1n) is 6.39. The maximum Gasteiger partial charge on any atom is 0.305 e. The molecule has 0 aliphatic rings. The number of phenols is 1. The second kappa shape index (κ2) is 8.04. The van der Waals surface area contributed by atoms with Crippen LogP contribution in [-0.4, -0.2) is 37.2 Å². The van der Waals surface area contributed by atoms with Crippen molar-refractivity contribution in [1.29, 1.82) is 0 Å². The Kier molecular flexibility index (Phi) is 6.36. The molecule has 0 unspecified atom stereocenters. The topological polar surface area (TPSA) is 84.9 Å². The maximum absolute atomic E-state index is 11.8. The number of ether oxygens (including phenoxy) is 2. The molecule has 0 bridgehead atoms. The van der Waals surface area contributed by atoms with Gasteiger partial charge in [-0.25, -0.2) is 0 Å². The van der Waals surface area contributed by atoms with Crippen molar-refractivity contribution < 1.29 is 24.2 Å². The fourth-order valence-corrected chi connectivity index (χ4v) is 1.59. The van der Waals surface area contributed by atoms with Gasteiger partial charge < -0.3 is 19.9 Å². The average molecular weight is 281 g/mol. The number of aromatic hydroxyl groups is 1. The molecule has 0 saturated carbocycles. The number of amides is 1. The number of carbonyl (C=O) groups is 2. The van der Waals surface area contributed by atoms with Crippen LogP contribution < -0.4 is 10.1 Å². The standard InChI is InChI=1S/C14H19NO5/c1-3-20-13(17)5-4-8-15-14(18)11-7-6-10(19-2)9-12(11)16/h6-7,9,16H,3-5,8H2,1-2H3,(H,15,18). The van der Waals surface area contributed by atoms with Crippen molar-refractivity contribution in [3.8, 4) is 11.5 Å². The number of hydrogen-bond donors (Lipinski definition) is 2. The van der Waals surface area contributed by atoms with Crippen LogP contribution in [0.4, 0.5) is 0 Å². The Bertz CT molecular complexity index is 473. The molecule has 0 spiro atoms. The Morgan fingerprint density at radius 1 is 1.35 bits per heavy atom. The lowest BCUT2D eigenvalue weighted by Crippen LogP contribution is -2.25. The molecule has 0 heterocycles. The lowest BCUT2D eigenvalue weighted by Gasteiger charge is -2.08. The van der Waals surface area contributed by atoms with E-state index >= 15 is 0 Å². The summed E-state index contributed by atoms with van der Waals surface area (Å²) in [4.78, 5) is 22.9. The van der Waals surface area contributed by atoms with Gasteiger partial charge in [-0.2, -0.15) is 0 Å². The molecule has 1 rings (SSSR count). The minimum Gasteiger partial charge on any atom is -0.507 e.